The van der Waals surface area contributed by atoms with Crippen molar-refractivity contribution >= 4 is 23.3 Å². The van der Waals surface area contributed by atoms with Crippen molar-refractivity contribution in [3.8, 4) is 6.07 Å². The Kier molecular flexibility index (Phi) is 3.13. The number of hydrogen-bond acceptors (Lipinski definition) is 3. The number of hydrogen-bond donors (Lipinski definition) is 3. The Morgan fingerprint density at radius 3 is 2.89 bits per heavy atom. The quantitative estimate of drug-likeness (QED) is 0.756. The second-order valence-corrected chi connectivity index (χ2v) is 4.85. The van der Waals surface area contributed by atoms with Gasteiger partial charge in [-0.25, -0.2) is 4.79 Å². The van der Waals surface area contributed by atoms with Gasteiger partial charge in [-0.1, -0.05) is 0 Å². The normalized spacial score (nSPS) is 15.5. The molecule has 0 radical (unpaired) electrons. The average molecular weight is 258 g/mol. The molecule has 1 aromatic carbocycles. The molecule has 19 heavy (non-hydrogen) atoms. The standard InChI is InChI=1S/C13H14N4O2/c1-13(2)9-7-8(15-11(18)5-6-14)3-4-10(9)16-12(19)17-13/h3-4,7H,5H2,1-2H3,(H,15,18)(H2,16,17,19). The molecule has 2 rings (SSSR count). The number of carbonyl (C=O) groups excluding carboxylic acids is 2. The van der Waals surface area contributed by atoms with E-state index in [4.69, 9.17) is 5.26 Å². The van der Waals surface area contributed by atoms with E-state index in [9.17, 15) is 9.59 Å². The summed E-state index contributed by atoms with van der Waals surface area (Å²) in [6.45, 7) is 3.76. The zero-order chi connectivity index (χ0) is 14.0. The molecule has 0 aromatic heterocycles. The van der Waals surface area contributed by atoms with Gasteiger partial charge in [0.1, 0.15) is 6.42 Å². The topological polar surface area (TPSA) is 94.0 Å². The van der Waals surface area contributed by atoms with Crippen LogP contribution < -0.4 is 16.0 Å². The Hall–Kier alpha value is -2.55. The third-order valence-corrected chi connectivity index (χ3v) is 2.89. The van der Waals surface area contributed by atoms with Gasteiger partial charge >= 0.3 is 6.03 Å². The van der Waals surface area contributed by atoms with Gasteiger partial charge in [-0.3, -0.25) is 4.79 Å². The summed E-state index contributed by atoms with van der Waals surface area (Å²) in [6, 6.07) is 6.75. The van der Waals surface area contributed by atoms with Gasteiger partial charge in [0.15, 0.2) is 0 Å². The van der Waals surface area contributed by atoms with E-state index >= 15 is 0 Å². The summed E-state index contributed by atoms with van der Waals surface area (Å²) in [4.78, 5) is 22.8. The largest absolute Gasteiger partial charge is 0.329 e. The maximum atomic E-state index is 11.5. The van der Waals surface area contributed by atoms with Gasteiger partial charge in [-0.2, -0.15) is 5.26 Å². The highest BCUT2D eigenvalue weighted by Crippen LogP contribution is 2.33. The van der Waals surface area contributed by atoms with E-state index in [1.807, 2.05) is 13.8 Å². The summed E-state index contributed by atoms with van der Waals surface area (Å²) in [6.07, 6.45) is -0.185. The molecular formula is C13H14N4O2. The third kappa shape index (κ3) is 2.65. The smallest absolute Gasteiger partial charge is 0.319 e. The molecule has 0 saturated carbocycles. The molecule has 3 amide bonds. The highest BCUT2D eigenvalue weighted by Gasteiger charge is 2.30. The van der Waals surface area contributed by atoms with Gasteiger partial charge < -0.3 is 16.0 Å². The molecule has 6 nitrogen and oxygen atoms in total. The Labute approximate surface area is 110 Å². The van der Waals surface area contributed by atoms with Crippen LogP contribution in [0.25, 0.3) is 0 Å². The lowest BCUT2D eigenvalue weighted by Crippen LogP contribution is -2.47. The number of amides is 3. The molecule has 0 unspecified atom stereocenters. The van der Waals surface area contributed by atoms with Crippen LogP contribution in [0.15, 0.2) is 18.2 Å². The Bertz CT molecular complexity index is 587. The number of rotatable bonds is 2. The van der Waals surface area contributed by atoms with Crippen LogP contribution >= 0.6 is 0 Å². The summed E-state index contributed by atoms with van der Waals surface area (Å²) in [5.74, 6) is -0.354. The number of urea groups is 1. The van der Waals surface area contributed by atoms with Gasteiger partial charge in [0, 0.05) is 16.9 Å². The Balaban J connectivity index is 2.31. The fourth-order valence-corrected chi connectivity index (χ4v) is 2.03. The lowest BCUT2D eigenvalue weighted by atomic mass is 9.90. The Morgan fingerprint density at radius 2 is 2.21 bits per heavy atom. The van der Waals surface area contributed by atoms with Gasteiger partial charge in [0.2, 0.25) is 5.91 Å². The monoisotopic (exact) mass is 258 g/mol. The fraction of sp³-hybridized carbons (Fsp3) is 0.308. The molecule has 0 spiro atoms. The van der Waals surface area contributed by atoms with Crippen molar-refractivity contribution in [2.24, 2.45) is 0 Å². The van der Waals surface area contributed by atoms with Crippen molar-refractivity contribution in [2.75, 3.05) is 10.6 Å². The second kappa shape index (κ2) is 4.61. The van der Waals surface area contributed by atoms with Crippen LogP contribution in [0.4, 0.5) is 16.2 Å². The van der Waals surface area contributed by atoms with E-state index in [0.717, 1.165) is 5.56 Å². The zero-order valence-electron chi connectivity index (χ0n) is 10.7. The first-order valence-electron chi connectivity index (χ1n) is 5.83. The van der Waals surface area contributed by atoms with Crippen molar-refractivity contribution < 1.29 is 9.59 Å². The summed E-state index contributed by atoms with van der Waals surface area (Å²) >= 11 is 0. The molecule has 1 aromatic rings. The third-order valence-electron chi connectivity index (χ3n) is 2.89. The fourth-order valence-electron chi connectivity index (χ4n) is 2.03. The van der Waals surface area contributed by atoms with E-state index in [2.05, 4.69) is 16.0 Å². The van der Waals surface area contributed by atoms with Crippen LogP contribution in [0, 0.1) is 11.3 Å². The van der Waals surface area contributed by atoms with E-state index in [1.54, 1.807) is 24.3 Å². The SMILES string of the molecule is CC1(C)NC(=O)Nc2ccc(NC(=O)CC#N)cc21. The summed E-state index contributed by atoms with van der Waals surface area (Å²) in [7, 11) is 0. The lowest BCUT2D eigenvalue weighted by Gasteiger charge is -2.34. The number of anilines is 2. The minimum Gasteiger partial charge on any atom is -0.329 e. The summed E-state index contributed by atoms with van der Waals surface area (Å²) in [5, 5.41) is 16.6. The number of nitrogens with one attached hydrogen (secondary N) is 3. The van der Waals surface area contributed by atoms with Gasteiger partial charge in [0.25, 0.3) is 0 Å². The highest BCUT2D eigenvalue weighted by molar-refractivity contribution is 5.96. The predicted molar refractivity (Wildman–Crippen MR) is 70.5 cm³/mol. The second-order valence-electron chi connectivity index (χ2n) is 4.85. The first-order chi connectivity index (χ1) is 8.92. The number of benzene rings is 1. The molecule has 6 heteroatoms. The molecular weight excluding hydrogens is 244 g/mol. The number of carbonyl (C=O) groups is 2. The van der Waals surface area contributed by atoms with Crippen LogP contribution in [-0.4, -0.2) is 11.9 Å². The molecule has 0 bridgehead atoms. The predicted octanol–water partition coefficient (Wildman–Crippen LogP) is 1.91. The van der Waals surface area contributed by atoms with Crippen LogP contribution in [-0.2, 0) is 10.3 Å². The van der Waals surface area contributed by atoms with Gasteiger partial charge in [-0.05, 0) is 32.0 Å². The van der Waals surface area contributed by atoms with E-state index in [-0.39, 0.29) is 18.4 Å². The van der Waals surface area contributed by atoms with E-state index in [0.29, 0.717) is 11.4 Å². The highest BCUT2D eigenvalue weighted by atomic mass is 16.2. The molecule has 98 valence electrons. The molecule has 0 fully saturated rings. The molecule has 0 saturated heterocycles. The number of nitrogens with zero attached hydrogens (tertiary/aromatic N) is 1. The van der Waals surface area contributed by atoms with E-state index in [1.165, 1.54) is 0 Å². The maximum absolute atomic E-state index is 11.5. The molecule has 0 aliphatic carbocycles. The van der Waals surface area contributed by atoms with Gasteiger partial charge in [-0.15, -0.1) is 0 Å². The van der Waals surface area contributed by atoms with Crippen LogP contribution in [0.1, 0.15) is 25.8 Å². The zero-order valence-corrected chi connectivity index (χ0v) is 10.7. The molecule has 3 N–H and O–H groups in total. The number of fused-ring (bicyclic) bond motifs is 1. The summed E-state index contributed by atoms with van der Waals surface area (Å²) in [5.41, 5.74) is 1.67. The van der Waals surface area contributed by atoms with Crippen molar-refractivity contribution in [1.29, 1.82) is 5.26 Å². The molecule has 1 aliphatic heterocycles. The minimum absolute atomic E-state index is 0.185. The van der Waals surface area contributed by atoms with Crippen molar-refractivity contribution in [3.05, 3.63) is 23.8 Å². The first-order valence-corrected chi connectivity index (χ1v) is 5.83. The average Bonchev–Trinajstić information content (AvgIpc) is 2.29. The summed E-state index contributed by atoms with van der Waals surface area (Å²) < 4.78 is 0. The Morgan fingerprint density at radius 1 is 1.47 bits per heavy atom. The molecule has 1 heterocycles. The van der Waals surface area contributed by atoms with Crippen LogP contribution in [0.2, 0.25) is 0 Å². The van der Waals surface area contributed by atoms with Gasteiger partial charge in [0.05, 0.1) is 11.6 Å². The molecule has 1 aliphatic rings. The maximum Gasteiger partial charge on any atom is 0.319 e. The van der Waals surface area contributed by atoms with Crippen LogP contribution in [0.3, 0.4) is 0 Å². The molecule has 0 atom stereocenters. The van der Waals surface area contributed by atoms with E-state index < -0.39 is 5.54 Å². The van der Waals surface area contributed by atoms with Crippen molar-refractivity contribution in [2.45, 2.75) is 25.8 Å². The lowest BCUT2D eigenvalue weighted by molar-refractivity contribution is -0.115. The number of nitriles is 1. The first kappa shape index (κ1) is 12.9. The van der Waals surface area contributed by atoms with Crippen LogP contribution in [0.5, 0.6) is 0 Å². The van der Waals surface area contributed by atoms with Crippen molar-refractivity contribution in [1.82, 2.24) is 5.32 Å². The van der Waals surface area contributed by atoms with Crippen molar-refractivity contribution in [3.63, 3.8) is 0 Å². The minimum atomic E-state index is -0.520.